The molecular formula is C19H18N2O. The van der Waals surface area contributed by atoms with E-state index in [1.165, 1.54) is 27.9 Å². The minimum Gasteiger partial charge on any atom is -0.497 e. The molecule has 0 fully saturated rings. The molecule has 22 heavy (non-hydrogen) atoms. The minimum atomic E-state index is 0.791. The van der Waals surface area contributed by atoms with Crippen LogP contribution in [0, 0.1) is 0 Å². The third kappa shape index (κ3) is 2.29. The summed E-state index contributed by atoms with van der Waals surface area (Å²) in [7, 11) is 1.69. The Balaban J connectivity index is 1.64. The van der Waals surface area contributed by atoms with Crippen molar-refractivity contribution in [3.8, 4) is 16.9 Å². The van der Waals surface area contributed by atoms with Crippen LogP contribution in [0.3, 0.4) is 0 Å². The Morgan fingerprint density at radius 1 is 1.00 bits per heavy atom. The lowest BCUT2D eigenvalue weighted by molar-refractivity contribution is 0.414. The van der Waals surface area contributed by atoms with Gasteiger partial charge >= 0.3 is 0 Å². The van der Waals surface area contributed by atoms with E-state index in [9.17, 15) is 0 Å². The topological polar surface area (TPSA) is 27.1 Å². The lowest BCUT2D eigenvalue weighted by Crippen LogP contribution is -2.03. The summed E-state index contributed by atoms with van der Waals surface area (Å²) < 4.78 is 7.25. The molecular weight excluding hydrogens is 272 g/mol. The second-order valence-electron chi connectivity index (χ2n) is 5.69. The second-order valence-corrected chi connectivity index (χ2v) is 5.69. The highest BCUT2D eigenvalue weighted by Gasteiger charge is 2.18. The fourth-order valence-electron chi connectivity index (χ4n) is 3.12. The molecule has 0 saturated heterocycles. The molecule has 1 aliphatic carbocycles. The van der Waals surface area contributed by atoms with Crippen molar-refractivity contribution >= 4 is 0 Å². The Hall–Kier alpha value is -2.55. The molecule has 0 N–H and O–H groups in total. The highest BCUT2D eigenvalue weighted by Crippen LogP contribution is 2.32. The van der Waals surface area contributed by atoms with Gasteiger partial charge in [-0.15, -0.1) is 0 Å². The fraction of sp³-hybridized carbons (Fsp3) is 0.211. The molecule has 3 aromatic rings. The molecule has 0 radical (unpaired) electrons. The Morgan fingerprint density at radius 3 is 2.64 bits per heavy atom. The SMILES string of the molecule is COc1ccc(Cn2cc3c(n2)CCc2ccccc2-3)cc1. The van der Waals surface area contributed by atoms with E-state index in [1.54, 1.807) is 7.11 Å². The van der Waals surface area contributed by atoms with Crippen molar-refractivity contribution < 1.29 is 4.74 Å². The third-order valence-electron chi connectivity index (χ3n) is 4.28. The van der Waals surface area contributed by atoms with Crippen LogP contribution in [0.4, 0.5) is 0 Å². The van der Waals surface area contributed by atoms with E-state index < -0.39 is 0 Å². The number of nitrogens with zero attached hydrogens (tertiary/aromatic N) is 2. The van der Waals surface area contributed by atoms with Crippen LogP contribution in [0.25, 0.3) is 11.1 Å². The maximum absolute atomic E-state index is 5.20. The van der Waals surface area contributed by atoms with E-state index in [4.69, 9.17) is 9.84 Å². The summed E-state index contributed by atoms with van der Waals surface area (Å²) in [5.41, 5.74) is 6.50. The number of methoxy groups -OCH3 is 1. The molecule has 1 heterocycles. The van der Waals surface area contributed by atoms with Gasteiger partial charge in [-0.25, -0.2) is 0 Å². The van der Waals surface area contributed by atoms with Gasteiger partial charge in [0.2, 0.25) is 0 Å². The van der Waals surface area contributed by atoms with E-state index in [-0.39, 0.29) is 0 Å². The van der Waals surface area contributed by atoms with Crippen molar-refractivity contribution in [2.24, 2.45) is 0 Å². The second kappa shape index (κ2) is 5.34. The van der Waals surface area contributed by atoms with E-state index in [1.807, 2.05) is 12.1 Å². The zero-order chi connectivity index (χ0) is 14.9. The van der Waals surface area contributed by atoms with Crippen LogP contribution in [0.2, 0.25) is 0 Å². The number of ether oxygens (including phenoxy) is 1. The Kier molecular flexibility index (Phi) is 3.19. The molecule has 2 aromatic carbocycles. The van der Waals surface area contributed by atoms with Gasteiger partial charge in [-0.2, -0.15) is 5.10 Å². The molecule has 0 amide bonds. The number of hydrogen-bond acceptors (Lipinski definition) is 2. The van der Waals surface area contributed by atoms with Gasteiger partial charge in [0, 0.05) is 11.8 Å². The predicted molar refractivity (Wildman–Crippen MR) is 87.2 cm³/mol. The van der Waals surface area contributed by atoms with Gasteiger partial charge in [0.1, 0.15) is 5.75 Å². The summed E-state index contributed by atoms with van der Waals surface area (Å²) >= 11 is 0. The van der Waals surface area contributed by atoms with Crippen LogP contribution in [0.1, 0.15) is 16.8 Å². The number of rotatable bonds is 3. The van der Waals surface area contributed by atoms with Gasteiger partial charge in [-0.1, -0.05) is 36.4 Å². The quantitative estimate of drug-likeness (QED) is 0.735. The van der Waals surface area contributed by atoms with Crippen molar-refractivity contribution in [3.63, 3.8) is 0 Å². The molecule has 4 rings (SSSR count). The fourth-order valence-corrected chi connectivity index (χ4v) is 3.12. The maximum atomic E-state index is 5.20. The summed E-state index contributed by atoms with van der Waals surface area (Å²) in [6.07, 6.45) is 4.29. The van der Waals surface area contributed by atoms with E-state index in [0.717, 1.165) is 25.1 Å². The van der Waals surface area contributed by atoms with Crippen LogP contribution in [-0.2, 0) is 19.4 Å². The van der Waals surface area contributed by atoms with Crippen molar-refractivity contribution in [1.29, 1.82) is 0 Å². The summed E-state index contributed by atoms with van der Waals surface area (Å²) in [5, 5.41) is 4.77. The normalized spacial score (nSPS) is 12.6. The average molecular weight is 290 g/mol. The Bertz CT molecular complexity index is 803. The van der Waals surface area contributed by atoms with Crippen LogP contribution < -0.4 is 4.74 Å². The van der Waals surface area contributed by atoms with Gasteiger partial charge < -0.3 is 4.74 Å². The van der Waals surface area contributed by atoms with E-state index in [0.29, 0.717) is 0 Å². The molecule has 3 heteroatoms. The first kappa shape index (κ1) is 13.1. The van der Waals surface area contributed by atoms with Gasteiger partial charge in [-0.3, -0.25) is 4.68 Å². The molecule has 3 nitrogen and oxygen atoms in total. The van der Waals surface area contributed by atoms with Crippen molar-refractivity contribution in [2.45, 2.75) is 19.4 Å². The molecule has 0 aliphatic heterocycles. The largest absolute Gasteiger partial charge is 0.497 e. The molecule has 1 aliphatic rings. The van der Waals surface area contributed by atoms with Crippen molar-refractivity contribution in [3.05, 3.63) is 71.5 Å². The van der Waals surface area contributed by atoms with Gasteiger partial charge in [0.05, 0.1) is 19.3 Å². The molecule has 0 unspecified atom stereocenters. The zero-order valence-electron chi connectivity index (χ0n) is 12.6. The summed E-state index contributed by atoms with van der Waals surface area (Å²) in [4.78, 5) is 0. The minimum absolute atomic E-state index is 0.791. The first-order valence-electron chi connectivity index (χ1n) is 7.61. The lowest BCUT2D eigenvalue weighted by atomic mass is 9.90. The van der Waals surface area contributed by atoms with Gasteiger partial charge in [0.15, 0.2) is 0 Å². The number of aromatic nitrogens is 2. The summed E-state index contributed by atoms with van der Waals surface area (Å²) in [5.74, 6) is 0.887. The standard InChI is InChI=1S/C19H18N2O/c1-22-16-9-6-14(7-10-16)12-21-13-18-17-5-3-2-4-15(17)8-11-19(18)20-21/h2-7,9-10,13H,8,11-12H2,1H3. The molecule has 0 saturated carbocycles. The first-order chi connectivity index (χ1) is 10.8. The smallest absolute Gasteiger partial charge is 0.118 e. The van der Waals surface area contributed by atoms with Crippen LogP contribution in [0.5, 0.6) is 5.75 Å². The summed E-state index contributed by atoms with van der Waals surface area (Å²) in [6.45, 7) is 0.791. The monoisotopic (exact) mass is 290 g/mol. The molecule has 110 valence electrons. The molecule has 0 atom stereocenters. The zero-order valence-corrected chi connectivity index (χ0v) is 12.6. The molecule has 0 bridgehead atoms. The lowest BCUT2D eigenvalue weighted by Gasteiger charge is -2.14. The highest BCUT2D eigenvalue weighted by atomic mass is 16.5. The predicted octanol–water partition coefficient (Wildman–Crippen LogP) is 3.71. The van der Waals surface area contributed by atoms with Gasteiger partial charge in [-0.05, 0) is 41.7 Å². The van der Waals surface area contributed by atoms with E-state index in [2.05, 4.69) is 47.3 Å². The number of hydrogen-bond donors (Lipinski definition) is 0. The maximum Gasteiger partial charge on any atom is 0.118 e. The highest BCUT2D eigenvalue weighted by molar-refractivity contribution is 5.71. The number of benzene rings is 2. The van der Waals surface area contributed by atoms with E-state index >= 15 is 0 Å². The average Bonchev–Trinajstić information content (AvgIpc) is 2.98. The first-order valence-corrected chi connectivity index (χ1v) is 7.61. The number of fused-ring (bicyclic) bond motifs is 3. The Labute approximate surface area is 130 Å². The van der Waals surface area contributed by atoms with Gasteiger partial charge in [0.25, 0.3) is 0 Å². The number of aryl methyl sites for hydroxylation is 2. The Morgan fingerprint density at radius 2 is 1.82 bits per heavy atom. The van der Waals surface area contributed by atoms with Crippen LogP contribution >= 0.6 is 0 Å². The van der Waals surface area contributed by atoms with Crippen LogP contribution in [0.15, 0.2) is 54.7 Å². The molecule has 1 aromatic heterocycles. The van der Waals surface area contributed by atoms with Crippen molar-refractivity contribution in [2.75, 3.05) is 7.11 Å². The van der Waals surface area contributed by atoms with Crippen LogP contribution in [-0.4, -0.2) is 16.9 Å². The van der Waals surface area contributed by atoms with Crippen molar-refractivity contribution in [1.82, 2.24) is 9.78 Å². The molecule has 0 spiro atoms. The summed E-state index contributed by atoms with van der Waals surface area (Å²) in [6, 6.07) is 16.8. The third-order valence-corrected chi connectivity index (χ3v) is 4.28.